The molecule has 0 aliphatic carbocycles. The van der Waals surface area contributed by atoms with Crippen LogP contribution in [0.25, 0.3) is 11.1 Å². The summed E-state index contributed by atoms with van der Waals surface area (Å²) in [5.74, 6) is 0. The summed E-state index contributed by atoms with van der Waals surface area (Å²) in [7, 11) is 0. The zero-order valence-electron chi connectivity index (χ0n) is 10.7. The number of benzene rings is 2. The maximum atomic E-state index is 3.31. The van der Waals surface area contributed by atoms with E-state index in [0.29, 0.717) is 0 Å². The van der Waals surface area contributed by atoms with Crippen molar-refractivity contribution in [3.8, 4) is 11.1 Å². The van der Waals surface area contributed by atoms with E-state index in [2.05, 4.69) is 68.6 Å². The van der Waals surface area contributed by atoms with Crippen molar-refractivity contribution in [2.24, 2.45) is 0 Å². The van der Waals surface area contributed by atoms with Gasteiger partial charge in [-0.05, 0) is 49.6 Å². The normalized spacial score (nSPS) is 10.3. The van der Waals surface area contributed by atoms with Gasteiger partial charge in [-0.15, -0.1) is 0 Å². The monoisotopic (exact) mass is 225 g/mol. The van der Waals surface area contributed by atoms with E-state index in [-0.39, 0.29) is 0 Å². The second kappa shape index (κ2) is 5.05. The summed E-state index contributed by atoms with van der Waals surface area (Å²) in [4.78, 5) is 0. The first-order valence-corrected chi connectivity index (χ1v) is 6.12. The molecule has 0 aliphatic heterocycles. The lowest BCUT2D eigenvalue weighted by Gasteiger charge is -2.09. The fraction of sp³-hybridized carbons (Fsp3) is 0.250. The minimum Gasteiger partial charge on any atom is -0.385 e. The highest BCUT2D eigenvalue weighted by atomic mass is 14.8. The molecule has 0 radical (unpaired) electrons. The Morgan fingerprint density at radius 2 is 1.65 bits per heavy atom. The lowest BCUT2D eigenvalue weighted by Crippen LogP contribution is -1.95. The minimum atomic E-state index is 0.961. The van der Waals surface area contributed by atoms with Gasteiger partial charge < -0.3 is 5.32 Å². The van der Waals surface area contributed by atoms with Crippen LogP contribution in [0.5, 0.6) is 0 Å². The largest absolute Gasteiger partial charge is 0.385 e. The lowest BCUT2D eigenvalue weighted by molar-refractivity contribution is 1.21. The minimum absolute atomic E-state index is 0.961. The van der Waals surface area contributed by atoms with Crippen LogP contribution in [0.2, 0.25) is 0 Å². The predicted molar refractivity (Wildman–Crippen MR) is 75.5 cm³/mol. The van der Waals surface area contributed by atoms with Crippen molar-refractivity contribution in [3.63, 3.8) is 0 Å². The smallest absolute Gasteiger partial charge is 0.0340 e. The SMILES string of the molecule is CCNc1ccc(-c2ccc(C)cc2C)cc1. The second-order valence-electron chi connectivity index (χ2n) is 4.43. The molecular weight excluding hydrogens is 206 g/mol. The van der Waals surface area contributed by atoms with Gasteiger partial charge in [-0.1, -0.05) is 35.9 Å². The van der Waals surface area contributed by atoms with Crippen LogP contribution < -0.4 is 5.32 Å². The van der Waals surface area contributed by atoms with Gasteiger partial charge in [-0.2, -0.15) is 0 Å². The van der Waals surface area contributed by atoms with E-state index < -0.39 is 0 Å². The molecule has 0 spiro atoms. The molecule has 0 saturated heterocycles. The average molecular weight is 225 g/mol. The van der Waals surface area contributed by atoms with E-state index in [9.17, 15) is 0 Å². The molecule has 2 aromatic rings. The van der Waals surface area contributed by atoms with E-state index in [1.54, 1.807) is 0 Å². The van der Waals surface area contributed by atoms with Crippen molar-refractivity contribution in [2.45, 2.75) is 20.8 Å². The third kappa shape index (κ3) is 2.68. The summed E-state index contributed by atoms with van der Waals surface area (Å²) in [6, 6.07) is 15.2. The van der Waals surface area contributed by atoms with Crippen molar-refractivity contribution in [1.82, 2.24) is 0 Å². The molecule has 0 aliphatic rings. The van der Waals surface area contributed by atoms with E-state index in [1.165, 1.54) is 27.9 Å². The summed E-state index contributed by atoms with van der Waals surface area (Å²) in [6.07, 6.45) is 0. The molecule has 0 saturated carbocycles. The van der Waals surface area contributed by atoms with Gasteiger partial charge in [0.05, 0.1) is 0 Å². The maximum absolute atomic E-state index is 3.31. The van der Waals surface area contributed by atoms with Crippen molar-refractivity contribution < 1.29 is 0 Å². The molecule has 17 heavy (non-hydrogen) atoms. The summed E-state index contributed by atoms with van der Waals surface area (Å²) in [5.41, 5.74) is 6.43. The average Bonchev–Trinajstić information content (AvgIpc) is 2.31. The van der Waals surface area contributed by atoms with Crippen LogP contribution in [0.3, 0.4) is 0 Å². The molecule has 88 valence electrons. The molecule has 0 unspecified atom stereocenters. The van der Waals surface area contributed by atoms with Crippen molar-refractivity contribution in [1.29, 1.82) is 0 Å². The molecule has 0 heterocycles. The predicted octanol–water partition coefficient (Wildman–Crippen LogP) is 4.40. The van der Waals surface area contributed by atoms with Crippen molar-refractivity contribution in [3.05, 3.63) is 53.6 Å². The Morgan fingerprint density at radius 3 is 2.24 bits per heavy atom. The van der Waals surface area contributed by atoms with Gasteiger partial charge in [0.25, 0.3) is 0 Å². The molecule has 0 fully saturated rings. The molecule has 0 aromatic heterocycles. The van der Waals surface area contributed by atoms with Gasteiger partial charge >= 0.3 is 0 Å². The number of aryl methyl sites for hydroxylation is 2. The maximum Gasteiger partial charge on any atom is 0.0340 e. The Labute approximate surface area is 103 Å². The first-order chi connectivity index (χ1) is 8.20. The Morgan fingerprint density at radius 1 is 0.941 bits per heavy atom. The quantitative estimate of drug-likeness (QED) is 0.816. The van der Waals surface area contributed by atoms with Gasteiger partial charge in [-0.3, -0.25) is 0 Å². The van der Waals surface area contributed by atoms with Crippen LogP contribution in [0.15, 0.2) is 42.5 Å². The molecule has 0 atom stereocenters. The summed E-state index contributed by atoms with van der Waals surface area (Å²) in [6.45, 7) is 7.37. The summed E-state index contributed by atoms with van der Waals surface area (Å²) >= 11 is 0. The molecule has 2 rings (SSSR count). The second-order valence-corrected chi connectivity index (χ2v) is 4.43. The van der Waals surface area contributed by atoms with E-state index in [1.807, 2.05) is 0 Å². The number of hydrogen-bond donors (Lipinski definition) is 1. The van der Waals surface area contributed by atoms with Crippen LogP contribution >= 0.6 is 0 Å². The van der Waals surface area contributed by atoms with Gasteiger partial charge in [0, 0.05) is 12.2 Å². The van der Waals surface area contributed by atoms with Crippen LogP contribution in [0, 0.1) is 13.8 Å². The Kier molecular flexibility index (Phi) is 3.48. The zero-order valence-corrected chi connectivity index (χ0v) is 10.7. The van der Waals surface area contributed by atoms with Gasteiger partial charge in [0.1, 0.15) is 0 Å². The molecule has 1 heteroatoms. The molecule has 1 nitrogen and oxygen atoms in total. The third-order valence-electron chi connectivity index (χ3n) is 2.96. The van der Waals surface area contributed by atoms with Crippen LogP contribution in [-0.2, 0) is 0 Å². The first-order valence-electron chi connectivity index (χ1n) is 6.12. The Bertz CT molecular complexity index is 497. The van der Waals surface area contributed by atoms with Crippen LogP contribution in [0.1, 0.15) is 18.1 Å². The summed E-state index contributed by atoms with van der Waals surface area (Å²) in [5, 5.41) is 3.31. The number of rotatable bonds is 3. The van der Waals surface area contributed by atoms with Crippen molar-refractivity contribution in [2.75, 3.05) is 11.9 Å². The van der Waals surface area contributed by atoms with Gasteiger partial charge in [-0.25, -0.2) is 0 Å². The van der Waals surface area contributed by atoms with E-state index >= 15 is 0 Å². The fourth-order valence-corrected chi connectivity index (χ4v) is 2.11. The zero-order chi connectivity index (χ0) is 12.3. The number of nitrogens with one attached hydrogen (secondary N) is 1. The molecule has 1 N–H and O–H groups in total. The van der Waals surface area contributed by atoms with Crippen molar-refractivity contribution >= 4 is 5.69 Å². The third-order valence-corrected chi connectivity index (χ3v) is 2.96. The first kappa shape index (κ1) is 11.7. The van der Waals surface area contributed by atoms with Gasteiger partial charge in [0.15, 0.2) is 0 Å². The summed E-state index contributed by atoms with van der Waals surface area (Å²) < 4.78 is 0. The van der Waals surface area contributed by atoms with E-state index in [4.69, 9.17) is 0 Å². The topological polar surface area (TPSA) is 12.0 Å². The Balaban J connectivity index is 2.33. The molecular formula is C16H19N. The molecule has 2 aromatic carbocycles. The molecule has 0 amide bonds. The van der Waals surface area contributed by atoms with Crippen LogP contribution in [-0.4, -0.2) is 6.54 Å². The number of hydrogen-bond acceptors (Lipinski definition) is 1. The van der Waals surface area contributed by atoms with Crippen LogP contribution in [0.4, 0.5) is 5.69 Å². The highest BCUT2D eigenvalue weighted by Crippen LogP contribution is 2.25. The number of anilines is 1. The Hall–Kier alpha value is -1.76. The fourth-order valence-electron chi connectivity index (χ4n) is 2.11. The standard InChI is InChI=1S/C16H19N/c1-4-17-15-8-6-14(7-9-15)16-10-5-12(2)11-13(16)3/h5-11,17H,4H2,1-3H3. The van der Waals surface area contributed by atoms with E-state index in [0.717, 1.165) is 6.54 Å². The highest BCUT2D eigenvalue weighted by Gasteiger charge is 2.01. The van der Waals surface area contributed by atoms with Gasteiger partial charge in [0.2, 0.25) is 0 Å². The molecule has 0 bridgehead atoms. The lowest BCUT2D eigenvalue weighted by atomic mass is 9.99. The highest BCUT2D eigenvalue weighted by molar-refractivity contribution is 5.69.